The van der Waals surface area contributed by atoms with Crippen molar-refractivity contribution in [2.75, 3.05) is 19.6 Å². The summed E-state index contributed by atoms with van der Waals surface area (Å²) in [5.41, 5.74) is 2.00. The second kappa shape index (κ2) is 10.7. The van der Waals surface area contributed by atoms with Crippen LogP contribution in [0, 0.1) is 0 Å². The van der Waals surface area contributed by atoms with Crippen LogP contribution in [0.25, 0.3) is 0 Å². The molecule has 0 N–H and O–H groups in total. The Morgan fingerprint density at radius 3 is 2.62 bits per heavy atom. The zero-order valence-corrected chi connectivity index (χ0v) is 17.9. The molecule has 1 fully saturated rings. The van der Waals surface area contributed by atoms with E-state index in [1.165, 1.54) is 0 Å². The number of hydrogen-bond donors (Lipinski definition) is 0. The van der Waals surface area contributed by atoms with Crippen molar-refractivity contribution in [2.45, 2.75) is 32.2 Å². The molecule has 8 nitrogen and oxygen atoms in total. The van der Waals surface area contributed by atoms with Crippen molar-refractivity contribution in [2.24, 2.45) is 0 Å². The summed E-state index contributed by atoms with van der Waals surface area (Å²) in [6.07, 6.45) is 6.97. The van der Waals surface area contributed by atoms with Gasteiger partial charge >= 0.3 is 0 Å². The van der Waals surface area contributed by atoms with Gasteiger partial charge in [0, 0.05) is 57.4 Å². The van der Waals surface area contributed by atoms with Crippen LogP contribution >= 0.6 is 0 Å². The summed E-state index contributed by atoms with van der Waals surface area (Å²) in [5.74, 6) is -0.154. The smallest absolute Gasteiger partial charge is 0.242 e. The average Bonchev–Trinajstić information content (AvgIpc) is 3.29. The molecule has 1 saturated heterocycles. The summed E-state index contributed by atoms with van der Waals surface area (Å²) in [5, 5.41) is 4.14. The lowest BCUT2D eigenvalue weighted by atomic mass is 10.2. The summed E-state index contributed by atoms with van der Waals surface area (Å²) in [4.78, 5) is 33.5. The van der Waals surface area contributed by atoms with Crippen LogP contribution in [0.2, 0.25) is 0 Å². The Balaban J connectivity index is 1.45. The summed E-state index contributed by atoms with van der Waals surface area (Å²) in [6, 6.07) is 15.5. The molecule has 4 rings (SSSR count). The molecule has 8 heteroatoms. The van der Waals surface area contributed by atoms with Crippen LogP contribution in [0.15, 0.2) is 73.3 Å². The van der Waals surface area contributed by atoms with Gasteiger partial charge in [-0.15, -0.1) is 0 Å². The van der Waals surface area contributed by atoms with Crippen LogP contribution in [0.3, 0.4) is 0 Å². The first-order chi connectivity index (χ1) is 15.7. The molecule has 0 saturated carbocycles. The van der Waals surface area contributed by atoms with Gasteiger partial charge in [-0.1, -0.05) is 36.4 Å². The zero-order chi connectivity index (χ0) is 22.2. The minimum Gasteiger partial charge on any atom is -0.370 e. The number of carbonyl (C=O) groups excluding carboxylic acids is 2. The monoisotopic (exact) mass is 433 g/mol. The molecule has 32 heavy (non-hydrogen) atoms. The Bertz CT molecular complexity index is 995. The van der Waals surface area contributed by atoms with E-state index in [0.29, 0.717) is 32.8 Å². The van der Waals surface area contributed by atoms with Gasteiger partial charge in [0.1, 0.15) is 0 Å². The zero-order valence-electron chi connectivity index (χ0n) is 17.9. The van der Waals surface area contributed by atoms with Crippen LogP contribution in [0.5, 0.6) is 0 Å². The SMILES string of the molecule is O=C(CCn1cccn1)N1CC(=O)N(Cc2ccccc2)C[C@@H](OCc2cccnc2)C1. The number of nitrogens with zero attached hydrogens (tertiary/aromatic N) is 5. The second-order valence-electron chi connectivity index (χ2n) is 7.85. The Morgan fingerprint density at radius 1 is 1.03 bits per heavy atom. The third-order valence-electron chi connectivity index (χ3n) is 5.42. The van der Waals surface area contributed by atoms with E-state index < -0.39 is 0 Å². The van der Waals surface area contributed by atoms with Gasteiger partial charge in [0.15, 0.2) is 0 Å². The van der Waals surface area contributed by atoms with Gasteiger partial charge in [0.05, 0.1) is 19.3 Å². The molecule has 0 bridgehead atoms. The number of rotatable bonds is 8. The lowest BCUT2D eigenvalue weighted by Crippen LogP contribution is -2.40. The molecule has 1 aliphatic rings. The molecule has 0 unspecified atom stereocenters. The van der Waals surface area contributed by atoms with E-state index >= 15 is 0 Å². The predicted octanol–water partition coefficient (Wildman–Crippen LogP) is 2.12. The van der Waals surface area contributed by atoms with Gasteiger partial charge < -0.3 is 14.5 Å². The highest BCUT2D eigenvalue weighted by Gasteiger charge is 2.30. The molecule has 0 spiro atoms. The average molecular weight is 434 g/mol. The molecular formula is C24H27N5O3. The quantitative estimate of drug-likeness (QED) is 0.544. The number of aryl methyl sites for hydroxylation is 1. The van der Waals surface area contributed by atoms with Gasteiger partial charge in [-0.3, -0.25) is 19.3 Å². The first-order valence-electron chi connectivity index (χ1n) is 10.7. The van der Waals surface area contributed by atoms with E-state index in [1.54, 1.807) is 33.1 Å². The normalized spacial score (nSPS) is 16.8. The Morgan fingerprint density at radius 2 is 1.88 bits per heavy atom. The minimum atomic E-state index is -0.293. The van der Waals surface area contributed by atoms with Crippen LogP contribution in [-0.4, -0.2) is 62.1 Å². The van der Waals surface area contributed by atoms with Crippen molar-refractivity contribution in [3.63, 3.8) is 0 Å². The number of benzene rings is 1. The van der Waals surface area contributed by atoms with Crippen molar-refractivity contribution in [3.8, 4) is 0 Å². The lowest BCUT2D eigenvalue weighted by molar-refractivity contribution is -0.139. The van der Waals surface area contributed by atoms with E-state index in [-0.39, 0.29) is 30.9 Å². The molecule has 1 aliphatic heterocycles. The summed E-state index contributed by atoms with van der Waals surface area (Å²) >= 11 is 0. The van der Waals surface area contributed by atoms with Crippen molar-refractivity contribution < 1.29 is 14.3 Å². The van der Waals surface area contributed by atoms with E-state index in [0.717, 1.165) is 11.1 Å². The summed E-state index contributed by atoms with van der Waals surface area (Å²) in [7, 11) is 0. The topological polar surface area (TPSA) is 80.6 Å². The Hall–Kier alpha value is -3.52. The molecule has 1 aromatic carbocycles. The van der Waals surface area contributed by atoms with Gasteiger partial charge in [0.2, 0.25) is 11.8 Å². The third-order valence-corrected chi connectivity index (χ3v) is 5.42. The number of carbonyl (C=O) groups is 2. The molecule has 0 radical (unpaired) electrons. The number of hydrogen-bond acceptors (Lipinski definition) is 5. The predicted molar refractivity (Wildman–Crippen MR) is 118 cm³/mol. The van der Waals surface area contributed by atoms with Gasteiger partial charge in [0.25, 0.3) is 0 Å². The maximum atomic E-state index is 13.0. The lowest BCUT2D eigenvalue weighted by Gasteiger charge is -2.25. The summed E-state index contributed by atoms with van der Waals surface area (Å²) < 4.78 is 7.87. The van der Waals surface area contributed by atoms with E-state index in [1.807, 2.05) is 54.7 Å². The van der Waals surface area contributed by atoms with E-state index in [4.69, 9.17) is 4.74 Å². The largest absolute Gasteiger partial charge is 0.370 e. The molecule has 0 aliphatic carbocycles. The van der Waals surface area contributed by atoms with Crippen molar-refractivity contribution in [3.05, 3.63) is 84.4 Å². The third kappa shape index (κ3) is 6.01. The second-order valence-corrected chi connectivity index (χ2v) is 7.85. The number of aromatic nitrogens is 3. The summed E-state index contributed by atoms with van der Waals surface area (Å²) in [6.45, 7) is 2.19. The first kappa shape index (κ1) is 21.7. The van der Waals surface area contributed by atoms with Crippen LogP contribution in [0.4, 0.5) is 0 Å². The highest BCUT2D eigenvalue weighted by molar-refractivity contribution is 5.85. The van der Waals surface area contributed by atoms with Crippen molar-refractivity contribution in [1.82, 2.24) is 24.6 Å². The van der Waals surface area contributed by atoms with Crippen LogP contribution < -0.4 is 0 Å². The highest BCUT2D eigenvalue weighted by atomic mass is 16.5. The van der Waals surface area contributed by atoms with Gasteiger partial charge in [-0.2, -0.15) is 5.10 Å². The first-order valence-corrected chi connectivity index (χ1v) is 10.7. The molecular weight excluding hydrogens is 406 g/mol. The Labute approximate surface area is 187 Å². The number of amides is 2. The highest BCUT2D eigenvalue weighted by Crippen LogP contribution is 2.15. The molecule has 166 valence electrons. The fourth-order valence-electron chi connectivity index (χ4n) is 3.73. The van der Waals surface area contributed by atoms with Gasteiger partial charge in [-0.05, 0) is 23.3 Å². The van der Waals surface area contributed by atoms with Crippen LogP contribution in [-0.2, 0) is 34.0 Å². The van der Waals surface area contributed by atoms with Crippen molar-refractivity contribution >= 4 is 11.8 Å². The molecule has 1 atom stereocenters. The maximum Gasteiger partial charge on any atom is 0.242 e. The molecule has 3 aromatic rings. The fraction of sp³-hybridized carbons (Fsp3) is 0.333. The molecule has 3 heterocycles. The minimum absolute atomic E-state index is 0.0531. The number of ether oxygens (including phenoxy) is 1. The Kier molecular flexibility index (Phi) is 7.24. The fourth-order valence-corrected chi connectivity index (χ4v) is 3.73. The number of pyridine rings is 1. The van der Waals surface area contributed by atoms with E-state index in [2.05, 4.69) is 10.1 Å². The van der Waals surface area contributed by atoms with Gasteiger partial charge in [-0.25, -0.2) is 0 Å². The molecule has 2 aromatic heterocycles. The maximum absolute atomic E-state index is 13.0. The van der Waals surface area contributed by atoms with Crippen molar-refractivity contribution in [1.29, 1.82) is 0 Å². The van der Waals surface area contributed by atoms with E-state index in [9.17, 15) is 9.59 Å². The molecule has 2 amide bonds. The standard InChI is InChI=1S/C24H27N5O3/c30-23(9-13-29-12-5-11-26-29)28-17-22(32-19-21-8-4-10-25-14-21)16-27(24(31)18-28)15-20-6-2-1-3-7-20/h1-8,10-12,14,22H,9,13,15-19H2/t22-/m1/s1. The van der Waals surface area contributed by atoms with Crippen LogP contribution in [0.1, 0.15) is 17.5 Å².